The Balaban J connectivity index is 0.00000855. The Labute approximate surface area is 467 Å². The van der Waals surface area contributed by atoms with Gasteiger partial charge in [-0.2, -0.15) is 18.2 Å². The van der Waals surface area contributed by atoms with Crippen molar-refractivity contribution >= 4 is 61.7 Å². The molecule has 0 saturated heterocycles. The fourth-order valence-corrected chi connectivity index (χ4v) is 13.6. The van der Waals surface area contributed by atoms with E-state index in [2.05, 4.69) is 55.9 Å². The van der Waals surface area contributed by atoms with Crippen molar-refractivity contribution in [1.29, 1.82) is 0 Å². The Hall–Kier alpha value is -7.11. The average Bonchev–Trinajstić information content (AvgIpc) is 0.722. The number of imidazole rings is 1. The minimum absolute atomic E-state index is 0. The van der Waals surface area contributed by atoms with Crippen LogP contribution in [-0.2, 0) is 37.3 Å². The first-order valence-corrected chi connectivity index (χ1v) is 25.8. The van der Waals surface area contributed by atoms with Gasteiger partial charge in [-0.25, -0.2) is 4.98 Å². The van der Waals surface area contributed by atoms with E-state index in [4.69, 9.17) is 13.8 Å². The standard InChI is InChI=1S/C66H60N4OSi.Pt/c1-64(2,3)46-38-39-67-62(42-46)70-57-33-20-19-32-54(57)55-37-36-50(44-60(55)70)71-49-25-23-24-48(43-49)68-45-69(59-35-22-21-34-58(59)68)63-56(66(7,8)9)40-47(65(4,5)6)41-61(63)72(51-26-13-10-14-27-51,52-28-15-11-16-29-52)53-30-17-12-18-31-53;/h10-42H,1-9H3;/q-2;/i10D,11D,12D,13D,14D,15D,16D,17D,18D,26D,27D,28D,29D,30D,31D;. The van der Waals surface area contributed by atoms with Crippen molar-refractivity contribution in [2.24, 2.45) is 0 Å². The molecule has 7 heteroatoms. The summed E-state index contributed by atoms with van der Waals surface area (Å²) in [7, 11) is -5.73. The van der Waals surface area contributed by atoms with E-state index < -0.39 is 125 Å². The molecule has 0 unspecified atom stereocenters. The smallest absolute Gasteiger partial charge is 0.268 e. The molecule has 0 aliphatic carbocycles. The van der Waals surface area contributed by atoms with Crippen LogP contribution in [0.25, 0.3) is 50.0 Å². The Morgan fingerprint density at radius 3 is 1.77 bits per heavy atom. The van der Waals surface area contributed by atoms with E-state index in [1.807, 2.05) is 108 Å². The molecule has 5 nitrogen and oxygen atoms in total. The van der Waals surface area contributed by atoms with Gasteiger partial charge < -0.3 is 13.9 Å². The molecular formula is C66H60N4OPtSi-2. The molecule has 0 N–H and O–H groups in total. The van der Waals surface area contributed by atoms with Crippen LogP contribution in [-0.4, -0.2) is 22.2 Å². The van der Waals surface area contributed by atoms with Gasteiger partial charge in [0.1, 0.15) is 5.82 Å². The zero-order valence-corrected chi connectivity index (χ0v) is 45.2. The Morgan fingerprint density at radius 2 is 1.15 bits per heavy atom. The topological polar surface area (TPSA) is 35.9 Å². The predicted octanol–water partition coefficient (Wildman–Crippen LogP) is 12.9. The number of rotatable bonds is 9. The van der Waals surface area contributed by atoms with Crippen molar-refractivity contribution < 1.29 is 50.9 Å². The summed E-state index contributed by atoms with van der Waals surface area (Å²) in [4.78, 5) is 4.83. The summed E-state index contributed by atoms with van der Waals surface area (Å²) < 4.78 is 154. The molecule has 0 radical (unpaired) electrons. The van der Waals surface area contributed by atoms with Gasteiger partial charge in [-0.1, -0.05) is 213 Å². The zero-order chi connectivity index (χ0) is 63.0. The molecule has 3 aromatic heterocycles. The first-order chi connectivity index (χ1) is 40.8. The molecule has 0 atom stereocenters. The van der Waals surface area contributed by atoms with Crippen LogP contribution in [0.4, 0.5) is 0 Å². The van der Waals surface area contributed by atoms with Crippen LogP contribution in [0.15, 0.2) is 200 Å². The second-order valence-electron chi connectivity index (χ2n) is 21.0. The first-order valence-electron chi connectivity index (χ1n) is 31.3. The molecule has 11 aromatic rings. The maximum Gasteiger partial charge on any atom is 0.268 e. The van der Waals surface area contributed by atoms with E-state index in [1.54, 1.807) is 39.5 Å². The minimum atomic E-state index is -5.73. The van der Waals surface area contributed by atoms with Crippen molar-refractivity contribution in [3.8, 4) is 28.7 Å². The van der Waals surface area contributed by atoms with E-state index in [0.717, 1.165) is 33.2 Å². The average molecular weight is 1160 g/mol. The summed E-state index contributed by atoms with van der Waals surface area (Å²) >= 11 is 0. The van der Waals surface area contributed by atoms with Gasteiger partial charge in [0.15, 0.2) is 8.07 Å². The summed E-state index contributed by atoms with van der Waals surface area (Å²) in [5.74, 6) is 1.41. The van der Waals surface area contributed by atoms with Gasteiger partial charge in [0.2, 0.25) is 0 Å². The Bertz CT molecular complexity index is 4460. The number of para-hydroxylation sites is 3. The van der Waals surface area contributed by atoms with E-state index >= 15 is 0 Å². The van der Waals surface area contributed by atoms with Crippen molar-refractivity contribution in [3.05, 3.63) is 235 Å². The van der Waals surface area contributed by atoms with Crippen LogP contribution < -0.4 is 30.1 Å². The molecule has 0 aliphatic rings. The second-order valence-corrected chi connectivity index (χ2v) is 24.6. The van der Waals surface area contributed by atoms with Gasteiger partial charge in [-0.15, -0.1) is 29.7 Å². The van der Waals surface area contributed by atoms with Crippen molar-refractivity contribution in [2.75, 3.05) is 0 Å². The predicted molar refractivity (Wildman–Crippen MR) is 300 cm³/mol. The normalized spacial score (nSPS) is 15.2. The number of hydrogen-bond acceptors (Lipinski definition) is 2. The number of nitrogens with zero attached hydrogens (tertiary/aromatic N) is 4. The summed E-state index contributed by atoms with van der Waals surface area (Å²) in [6.45, 7) is 18.1. The Kier molecular flexibility index (Phi) is 8.96. The van der Waals surface area contributed by atoms with Gasteiger partial charge in [0.05, 0.1) is 37.3 Å². The molecule has 366 valence electrons. The quantitative estimate of drug-likeness (QED) is 0.0625. The van der Waals surface area contributed by atoms with Crippen molar-refractivity contribution in [3.63, 3.8) is 0 Å². The third-order valence-electron chi connectivity index (χ3n) is 13.2. The molecule has 0 amide bonds. The summed E-state index contributed by atoms with van der Waals surface area (Å²) in [5, 5.41) is 0.166. The van der Waals surface area contributed by atoms with Gasteiger partial charge in [-0.05, 0) is 83.0 Å². The third kappa shape index (κ3) is 8.89. The molecule has 11 rings (SSSR count). The monoisotopic (exact) mass is 1160 g/mol. The fraction of sp³-hybridized carbons (Fsp3) is 0.182. The van der Waals surface area contributed by atoms with Gasteiger partial charge >= 0.3 is 0 Å². The van der Waals surface area contributed by atoms with Crippen LogP contribution in [0.5, 0.6) is 11.5 Å². The van der Waals surface area contributed by atoms with Crippen LogP contribution in [0.3, 0.4) is 0 Å². The second kappa shape index (κ2) is 19.1. The van der Waals surface area contributed by atoms with Crippen molar-refractivity contribution in [1.82, 2.24) is 14.1 Å². The summed E-state index contributed by atoms with van der Waals surface area (Å²) in [5.41, 5.74) is 3.67. The van der Waals surface area contributed by atoms with E-state index in [0.29, 0.717) is 39.3 Å². The van der Waals surface area contributed by atoms with Gasteiger partial charge in [0, 0.05) is 44.3 Å². The fourth-order valence-electron chi connectivity index (χ4n) is 9.59. The number of hydrogen-bond donors (Lipinski definition) is 0. The van der Waals surface area contributed by atoms with E-state index in [-0.39, 0.29) is 37.4 Å². The van der Waals surface area contributed by atoms with Crippen LogP contribution in [0, 0.1) is 18.5 Å². The Morgan fingerprint density at radius 1 is 0.562 bits per heavy atom. The maximum absolute atomic E-state index is 9.95. The van der Waals surface area contributed by atoms with Crippen LogP contribution >= 0.6 is 0 Å². The first kappa shape index (κ1) is 34.3. The van der Waals surface area contributed by atoms with E-state index in [1.165, 1.54) is 0 Å². The van der Waals surface area contributed by atoms with Crippen LogP contribution in [0.1, 0.15) is 99.6 Å². The summed E-state index contributed by atoms with van der Waals surface area (Å²) in [6.07, 6.45) is 5.39. The minimum Gasteiger partial charge on any atom is -0.510 e. The number of fused-ring (bicyclic) bond motifs is 4. The number of benzene rings is 8. The number of aromatic nitrogens is 4. The molecule has 0 saturated carbocycles. The molecule has 0 fully saturated rings. The molecule has 73 heavy (non-hydrogen) atoms. The maximum atomic E-state index is 9.95. The number of pyridine rings is 1. The molecule has 3 heterocycles. The molecule has 0 bridgehead atoms. The van der Waals surface area contributed by atoms with Gasteiger partial charge in [-0.3, -0.25) is 4.57 Å². The number of ether oxygens (including phenoxy) is 1. The molecule has 0 aliphatic heterocycles. The molecule has 0 spiro atoms. The molecule has 8 aromatic carbocycles. The van der Waals surface area contributed by atoms with Crippen LogP contribution in [0.2, 0.25) is 0 Å². The van der Waals surface area contributed by atoms with Gasteiger partial charge in [0.25, 0.3) is 6.33 Å². The summed E-state index contributed by atoms with van der Waals surface area (Å²) in [6, 6.07) is 26.6. The zero-order valence-electron chi connectivity index (χ0n) is 56.9. The van der Waals surface area contributed by atoms with Crippen molar-refractivity contribution in [2.45, 2.75) is 78.6 Å². The third-order valence-corrected chi connectivity index (χ3v) is 17.4. The molecular weight excluding hydrogens is 1090 g/mol. The largest absolute Gasteiger partial charge is 0.510 e. The SMILES string of the molecule is [2H]c1c([2H])c([2H])c([Si](c2cc(C(C)(C)C)cc(C(C)(C)C)c2-[n+]2[c-]n(-c3[c-]c(Oc4[c-]c5c(cc4)c4ccccc4n5-c4cc(C(C)(C)C)ccn4)ccc3)c3ccccc32)(c2c([2H])c([2H])c([2H])c([2H])c2[2H])c2c([2H])c([2H])c([2H])c([2H])c2[2H])c([2H])c1[2H].[Pt]. The van der Waals surface area contributed by atoms with E-state index in [9.17, 15) is 16.4 Å².